The van der Waals surface area contributed by atoms with Crippen molar-refractivity contribution in [2.75, 3.05) is 18.8 Å². The molecule has 0 aliphatic carbocycles. The third-order valence-electron chi connectivity index (χ3n) is 3.10. The van der Waals surface area contributed by atoms with E-state index in [0.717, 1.165) is 4.90 Å². The Balaban J connectivity index is 2.46. The van der Waals surface area contributed by atoms with Gasteiger partial charge in [0.2, 0.25) is 0 Å². The van der Waals surface area contributed by atoms with E-state index in [4.69, 9.17) is 5.73 Å². The Labute approximate surface area is 119 Å². The van der Waals surface area contributed by atoms with Gasteiger partial charge in [0.25, 0.3) is 5.91 Å². The third-order valence-corrected chi connectivity index (χ3v) is 3.10. The second-order valence-electron chi connectivity index (χ2n) is 4.54. The van der Waals surface area contributed by atoms with Crippen LogP contribution in [0.2, 0.25) is 0 Å². The SMILES string of the molecule is CCN(CC(F)(F)F)C(=O)c1cnc(N)c2ccccc12. The molecule has 1 aromatic heterocycles. The van der Waals surface area contributed by atoms with Crippen LogP contribution in [0.25, 0.3) is 10.8 Å². The number of benzene rings is 1. The molecule has 21 heavy (non-hydrogen) atoms. The molecule has 0 unspecified atom stereocenters. The molecule has 0 saturated carbocycles. The van der Waals surface area contributed by atoms with E-state index in [1.54, 1.807) is 24.3 Å². The molecule has 1 aromatic carbocycles. The predicted octanol–water partition coefficient (Wildman–Crippen LogP) is 2.84. The quantitative estimate of drug-likeness (QED) is 0.947. The fraction of sp³-hybridized carbons (Fsp3) is 0.286. The van der Waals surface area contributed by atoms with E-state index in [0.29, 0.717) is 10.8 Å². The van der Waals surface area contributed by atoms with Crippen LogP contribution in [0.1, 0.15) is 17.3 Å². The number of alkyl halides is 3. The number of nitrogens with zero attached hydrogens (tertiary/aromatic N) is 2. The van der Waals surface area contributed by atoms with Gasteiger partial charge < -0.3 is 10.6 Å². The van der Waals surface area contributed by atoms with Gasteiger partial charge >= 0.3 is 6.18 Å². The highest BCUT2D eigenvalue weighted by atomic mass is 19.4. The molecule has 0 spiro atoms. The molecule has 0 fully saturated rings. The van der Waals surface area contributed by atoms with E-state index in [9.17, 15) is 18.0 Å². The Morgan fingerprint density at radius 2 is 1.90 bits per heavy atom. The van der Waals surface area contributed by atoms with Gasteiger partial charge in [-0.1, -0.05) is 24.3 Å². The lowest BCUT2D eigenvalue weighted by Crippen LogP contribution is -2.38. The Kier molecular flexibility index (Phi) is 4.02. The van der Waals surface area contributed by atoms with Gasteiger partial charge in [-0.15, -0.1) is 0 Å². The lowest BCUT2D eigenvalue weighted by Gasteiger charge is -2.23. The normalized spacial score (nSPS) is 11.6. The Morgan fingerprint density at radius 3 is 2.48 bits per heavy atom. The summed E-state index contributed by atoms with van der Waals surface area (Å²) in [6.45, 7) is 0.161. The molecule has 0 bridgehead atoms. The Bertz CT molecular complexity index is 670. The summed E-state index contributed by atoms with van der Waals surface area (Å²) < 4.78 is 37.6. The number of nitrogens with two attached hydrogens (primary N) is 1. The first-order chi connectivity index (χ1) is 9.83. The number of amides is 1. The van der Waals surface area contributed by atoms with Gasteiger partial charge in [0.05, 0.1) is 5.56 Å². The van der Waals surface area contributed by atoms with Gasteiger partial charge in [-0.3, -0.25) is 4.79 Å². The van der Waals surface area contributed by atoms with Crippen molar-refractivity contribution in [3.05, 3.63) is 36.0 Å². The molecule has 0 radical (unpaired) electrons. The molecule has 0 saturated heterocycles. The number of fused-ring (bicyclic) bond motifs is 1. The van der Waals surface area contributed by atoms with Crippen molar-refractivity contribution in [1.29, 1.82) is 0 Å². The largest absolute Gasteiger partial charge is 0.406 e. The zero-order valence-electron chi connectivity index (χ0n) is 11.3. The highest BCUT2D eigenvalue weighted by molar-refractivity contribution is 6.08. The molecule has 0 aliphatic heterocycles. The molecular formula is C14H14F3N3O. The van der Waals surface area contributed by atoms with E-state index in [1.807, 2.05) is 0 Å². The van der Waals surface area contributed by atoms with Crippen LogP contribution in [-0.4, -0.2) is 35.1 Å². The number of anilines is 1. The second-order valence-corrected chi connectivity index (χ2v) is 4.54. The summed E-state index contributed by atoms with van der Waals surface area (Å²) in [4.78, 5) is 17.0. The summed E-state index contributed by atoms with van der Waals surface area (Å²) in [5.74, 6) is -0.473. The first-order valence-electron chi connectivity index (χ1n) is 6.32. The number of nitrogen functional groups attached to an aromatic ring is 1. The molecule has 0 atom stereocenters. The number of halogens is 3. The number of pyridine rings is 1. The molecule has 0 aliphatic rings. The molecule has 1 heterocycles. The predicted molar refractivity (Wildman–Crippen MR) is 73.8 cm³/mol. The Morgan fingerprint density at radius 1 is 1.29 bits per heavy atom. The maximum Gasteiger partial charge on any atom is 0.406 e. The zero-order valence-corrected chi connectivity index (χ0v) is 11.3. The highest BCUT2D eigenvalue weighted by Crippen LogP contribution is 2.24. The van der Waals surface area contributed by atoms with Gasteiger partial charge in [0.1, 0.15) is 12.4 Å². The average molecular weight is 297 g/mol. The maximum absolute atomic E-state index is 12.5. The van der Waals surface area contributed by atoms with Crippen LogP contribution in [0.4, 0.5) is 19.0 Å². The number of hydrogen-bond acceptors (Lipinski definition) is 3. The summed E-state index contributed by atoms with van der Waals surface area (Å²) in [6, 6.07) is 6.73. The molecule has 7 heteroatoms. The van der Waals surface area contributed by atoms with Crippen molar-refractivity contribution < 1.29 is 18.0 Å². The highest BCUT2D eigenvalue weighted by Gasteiger charge is 2.33. The summed E-state index contributed by atoms with van der Waals surface area (Å²) in [6.07, 6.45) is -3.22. The van der Waals surface area contributed by atoms with Crippen LogP contribution in [0.5, 0.6) is 0 Å². The summed E-state index contributed by atoms with van der Waals surface area (Å²) in [7, 11) is 0. The van der Waals surface area contributed by atoms with Crippen molar-refractivity contribution in [2.24, 2.45) is 0 Å². The Hall–Kier alpha value is -2.31. The standard InChI is InChI=1S/C14H14F3N3O/c1-2-20(8-14(15,16)17)13(21)11-7-19-12(18)10-6-4-3-5-9(10)11/h3-7H,2,8H2,1H3,(H2,18,19). The fourth-order valence-corrected chi connectivity index (χ4v) is 2.10. The van der Waals surface area contributed by atoms with E-state index < -0.39 is 18.6 Å². The van der Waals surface area contributed by atoms with Gasteiger partial charge in [-0.05, 0) is 12.3 Å². The molecule has 2 N–H and O–H groups in total. The van der Waals surface area contributed by atoms with Crippen molar-refractivity contribution in [3.8, 4) is 0 Å². The van der Waals surface area contributed by atoms with Crippen molar-refractivity contribution in [3.63, 3.8) is 0 Å². The van der Waals surface area contributed by atoms with Crippen LogP contribution >= 0.6 is 0 Å². The van der Waals surface area contributed by atoms with Crippen molar-refractivity contribution in [2.45, 2.75) is 13.1 Å². The molecule has 2 rings (SSSR count). The van der Waals surface area contributed by atoms with Gasteiger partial charge in [-0.25, -0.2) is 4.98 Å². The van der Waals surface area contributed by atoms with Gasteiger partial charge in [0.15, 0.2) is 0 Å². The van der Waals surface area contributed by atoms with E-state index in [-0.39, 0.29) is 17.9 Å². The number of carbonyl (C=O) groups is 1. The number of rotatable bonds is 3. The van der Waals surface area contributed by atoms with Crippen LogP contribution in [0.3, 0.4) is 0 Å². The van der Waals surface area contributed by atoms with Gasteiger partial charge in [-0.2, -0.15) is 13.2 Å². The third kappa shape index (κ3) is 3.24. The summed E-state index contributed by atoms with van der Waals surface area (Å²) in [5, 5.41) is 1.04. The number of carbonyl (C=O) groups excluding carboxylic acids is 1. The maximum atomic E-state index is 12.5. The lowest BCUT2D eigenvalue weighted by molar-refractivity contribution is -0.140. The number of hydrogen-bond donors (Lipinski definition) is 1. The summed E-state index contributed by atoms with van der Waals surface area (Å²) in [5.41, 5.74) is 5.84. The first kappa shape index (κ1) is 15.1. The average Bonchev–Trinajstić information content (AvgIpc) is 2.44. The van der Waals surface area contributed by atoms with Crippen LogP contribution in [-0.2, 0) is 0 Å². The molecule has 4 nitrogen and oxygen atoms in total. The number of aromatic nitrogens is 1. The first-order valence-corrected chi connectivity index (χ1v) is 6.32. The van der Waals surface area contributed by atoms with Crippen LogP contribution in [0.15, 0.2) is 30.5 Å². The molecular weight excluding hydrogens is 283 g/mol. The minimum atomic E-state index is -4.44. The van der Waals surface area contributed by atoms with Gasteiger partial charge in [0, 0.05) is 18.1 Å². The van der Waals surface area contributed by atoms with E-state index >= 15 is 0 Å². The van der Waals surface area contributed by atoms with E-state index in [2.05, 4.69) is 4.98 Å². The van der Waals surface area contributed by atoms with Crippen LogP contribution in [0, 0.1) is 0 Å². The minimum absolute atomic E-state index is 0.0446. The monoisotopic (exact) mass is 297 g/mol. The van der Waals surface area contributed by atoms with Crippen LogP contribution < -0.4 is 5.73 Å². The topological polar surface area (TPSA) is 59.2 Å². The minimum Gasteiger partial charge on any atom is -0.383 e. The summed E-state index contributed by atoms with van der Waals surface area (Å²) >= 11 is 0. The zero-order chi connectivity index (χ0) is 15.6. The smallest absolute Gasteiger partial charge is 0.383 e. The lowest BCUT2D eigenvalue weighted by atomic mass is 10.1. The molecule has 1 amide bonds. The molecule has 2 aromatic rings. The van der Waals surface area contributed by atoms with Crippen molar-refractivity contribution in [1.82, 2.24) is 9.88 Å². The second kappa shape index (κ2) is 5.59. The van der Waals surface area contributed by atoms with Crippen molar-refractivity contribution >= 4 is 22.5 Å². The van der Waals surface area contributed by atoms with E-state index in [1.165, 1.54) is 13.1 Å². The molecule has 112 valence electrons. The fourth-order valence-electron chi connectivity index (χ4n) is 2.10.